The molecule has 430 valence electrons. The van der Waals surface area contributed by atoms with Gasteiger partial charge in [-0.25, -0.2) is 0 Å². The summed E-state index contributed by atoms with van der Waals surface area (Å²) in [5.74, 6) is -0.861. The lowest BCUT2D eigenvalue weighted by molar-refractivity contribution is -0.167. The molecule has 0 bridgehead atoms. The van der Waals surface area contributed by atoms with Gasteiger partial charge in [0.25, 0.3) is 0 Å². The van der Waals surface area contributed by atoms with E-state index in [0.717, 1.165) is 64.2 Å². The largest absolute Gasteiger partial charge is 0.462 e. The van der Waals surface area contributed by atoms with Gasteiger partial charge in [-0.2, -0.15) is 0 Å². The molecule has 0 aliphatic carbocycles. The molecule has 0 heterocycles. The first-order valence-electron chi connectivity index (χ1n) is 32.8. The maximum absolute atomic E-state index is 12.8. The van der Waals surface area contributed by atoms with Crippen LogP contribution in [0.3, 0.4) is 0 Å². The highest BCUT2D eigenvalue weighted by molar-refractivity contribution is 5.71. The Morgan fingerprint density at radius 2 is 0.452 bits per heavy atom. The Bertz CT molecular complexity index is 1180. The zero-order chi connectivity index (χ0) is 52.9. The van der Waals surface area contributed by atoms with E-state index in [4.69, 9.17) is 14.2 Å². The van der Waals surface area contributed by atoms with E-state index in [1.165, 1.54) is 263 Å². The van der Waals surface area contributed by atoms with Gasteiger partial charge in [-0.15, -0.1) is 0 Å². The van der Waals surface area contributed by atoms with Crippen LogP contribution in [0.15, 0.2) is 24.3 Å². The molecule has 0 amide bonds. The van der Waals surface area contributed by atoms with Gasteiger partial charge in [0, 0.05) is 19.3 Å². The van der Waals surface area contributed by atoms with Gasteiger partial charge in [-0.3, -0.25) is 14.4 Å². The normalized spacial score (nSPS) is 12.1. The molecule has 6 nitrogen and oxygen atoms in total. The van der Waals surface area contributed by atoms with E-state index in [0.29, 0.717) is 19.3 Å². The highest BCUT2D eigenvalue weighted by Crippen LogP contribution is 2.18. The summed E-state index contributed by atoms with van der Waals surface area (Å²) in [7, 11) is 0. The van der Waals surface area contributed by atoms with Gasteiger partial charge in [-0.05, 0) is 70.6 Å². The van der Waals surface area contributed by atoms with Crippen molar-refractivity contribution < 1.29 is 28.6 Å². The predicted octanol–water partition coefficient (Wildman–Crippen LogP) is 22.2. The summed E-state index contributed by atoms with van der Waals surface area (Å²) in [6.45, 7) is 6.64. The second-order valence-corrected chi connectivity index (χ2v) is 22.4. The fraction of sp³-hybridized carbons (Fsp3) is 0.896. The number of hydrogen-bond donors (Lipinski definition) is 0. The fourth-order valence-corrected chi connectivity index (χ4v) is 9.97. The molecule has 0 saturated carbocycles. The topological polar surface area (TPSA) is 78.9 Å². The molecular weight excluding hydrogens is 901 g/mol. The van der Waals surface area contributed by atoms with Crippen LogP contribution in [0, 0.1) is 0 Å². The molecule has 0 fully saturated rings. The second-order valence-electron chi connectivity index (χ2n) is 22.4. The molecule has 73 heavy (non-hydrogen) atoms. The van der Waals surface area contributed by atoms with Crippen LogP contribution in [0.4, 0.5) is 0 Å². The van der Waals surface area contributed by atoms with Crippen LogP contribution in [0.1, 0.15) is 367 Å². The van der Waals surface area contributed by atoms with Gasteiger partial charge in [0.15, 0.2) is 6.10 Å². The second kappa shape index (κ2) is 62.4. The third-order valence-corrected chi connectivity index (χ3v) is 14.9. The quantitative estimate of drug-likeness (QED) is 0.0261. The molecule has 1 unspecified atom stereocenters. The minimum Gasteiger partial charge on any atom is -0.462 e. The number of rotatable bonds is 61. The zero-order valence-corrected chi connectivity index (χ0v) is 49.4. The summed E-state index contributed by atoms with van der Waals surface area (Å²) in [5, 5.41) is 0. The minimum atomic E-state index is -0.769. The van der Waals surface area contributed by atoms with Crippen LogP contribution in [0.2, 0.25) is 0 Å². The van der Waals surface area contributed by atoms with Gasteiger partial charge in [0.1, 0.15) is 13.2 Å². The van der Waals surface area contributed by atoms with Crippen molar-refractivity contribution in [2.24, 2.45) is 0 Å². The summed E-state index contributed by atoms with van der Waals surface area (Å²) in [5.41, 5.74) is 0. The number of unbranched alkanes of at least 4 members (excludes halogenated alkanes) is 46. The van der Waals surface area contributed by atoms with E-state index in [1.807, 2.05) is 0 Å². The lowest BCUT2D eigenvalue weighted by Crippen LogP contribution is -2.30. The van der Waals surface area contributed by atoms with Gasteiger partial charge in [-0.1, -0.05) is 302 Å². The molecular formula is C67H126O6. The summed E-state index contributed by atoms with van der Waals surface area (Å²) in [4.78, 5) is 38.0. The van der Waals surface area contributed by atoms with Gasteiger partial charge in [0.2, 0.25) is 0 Å². The number of carbonyl (C=O) groups excluding carboxylic acids is 3. The highest BCUT2D eigenvalue weighted by Gasteiger charge is 2.19. The molecule has 0 aliphatic rings. The molecule has 0 spiro atoms. The Morgan fingerprint density at radius 1 is 0.260 bits per heavy atom. The Morgan fingerprint density at radius 3 is 0.685 bits per heavy atom. The van der Waals surface area contributed by atoms with E-state index in [1.54, 1.807) is 0 Å². The minimum absolute atomic E-state index is 0.0693. The SMILES string of the molecule is CCCCCCC/C=C\CCCCCCCC(=O)OC(COC(=O)CCCCCCCCCC)COC(=O)CCCCCCCCCCCCCCCCCCCCCCC/C=C\CCCCCCCCCC. The van der Waals surface area contributed by atoms with E-state index in [-0.39, 0.29) is 31.1 Å². The van der Waals surface area contributed by atoms with Crippen molar-refractivity contribution in [1.29, 1.82) is 0 Å². The first kappa shape index (κ1) is 70.9. The summed E-state index contributed by atoms with van der Waals surface area (Å²) in [6.07, 6.45) is 75.2. The van der Waals surface area contributed by atoms with Crippen molar-refractivity contribution in [1.82, 2.24) is 0 Å². The average molecular weight is 1030 g/mol. The van der Waals surface area contributed by atoms with Gasteiger partial charge in [0.05, 0.1) is 0 Å². The fourth-order valence-electron chi connectivity index (χ4n) is 9.97. The monoisotopic (exact) mass is 1030 g/mol. The van der Waals surface area contributed by atoms with E-state index >= 15 is 0 Å². The van der Waals surface area contributed by atoms with Crippen LogP contribution in [0.25, 0.3) is 0 Å². The lowest BCUT2D eigenvalue weighted by Gasteiger charge is -2.18. The van der Waals surface area contributed by atoms with Crippen LogP contribution in [-0.2, 0) is 28.6 Å². The molecule has 0 rings (SSSR count). The molecule has 1 atom stereocenters. The van der Waals surface area contributed by atoms with Gasteiger partial charge >= 0.3 is 17.9 Å². The number of hydrogen-bond acceptors (Lipinski definition) is 6. The molecule has 0 aromatic carbocycles. The predicted molar refractivity (Wildman–Crippen MR) is 316 cm³/mol. The zero-order valence-electron chi connectivity index (χ0n) is 49.4. The van der Waals surface area contributed by atoms with E-state index in [2.05, 4.69) is 45.1 Å². The summed E-state index contributed by atoms with van der Waals surface area (Å²) < 4.78 is 16.8. The lowest BCUT2D eigenvalue weighted by atomic mass is 10.0. The highest BCUT2D eigenvalue weighted by atomic mass is 16.6. The average Bonchev–Trinajstić information content (AvgIpc) is 3.39. The van der Waals surface area contributed by atoms with Crippen molar-refractivity contribution in [2.45, 2.75) is 374 Å². The number of ether oxygens (including phenoxy) is 3. The van der Waals surface area contributed by atoms with Crippen molar-refractivity contribution in [3.8, 4) is 0 Å². The Kier molecular flexibility index (Phi) is 60.6. The maximum Gasteiger partial charge on any atom is 0.306 e. The van der Waals surface area contributed by atoms with E-state index in [9.17, 15) is 14.4 Å². The van der Waals surface area contributed by atoms with Crippen molar-refractivity contribution >= 4 is 17.9 Å². The van der Waals surface area contributed by atoms with Crippen molar-refractivity contribution in [3.63, 3.8) is 0 Å². The molecule has 0 aliphatic heterocycles. The molecule has 0 aromatic heterocycles. The van der Waals surface area contributed by atoms with Crippen molar-refractivity contribution in [3.05, 3.63) is 24.3 Å². The number of esters is 3. The van der Waals surface area contributed by atoms with Crippen LogP contribution < -0.4 is 0 Å². The third kappa shape index (κ3) is 60.6. The molecule has 0 N–H and O–H groups in total. The van der Waals surface area contributed by atoms with E-state index < -0.39 is 6.10 Å². The first-order valence-corrected chi connectivity index (χ1v) is 32.8. The smallest absolute Gasteiger partial charge is 0.306 e. The molecule has 0 radical (unpaired) electrons. The summed E-state index contributed by atoms with van der Waals surface area (Å²) >= 11 is 0. The number of allylic oxidation sites excluding steroid dienone is 4. The Balaban J connectivity index is 3.95. The van der Waals surface area contributed by atoms with Gasteiger partial charge < -0.3 is 14.2 Å². The van der Waals surface area contributed by atoms with Crippen molar-refractivity contribution in [2.75, 3.05) is 13.2 Å². The number of carbonyl (C=O) groups is 3. The molecule has 6 heteroatoms. The maximum atomic E-state index is 12.8. The summed E-state index contributed by atoms with van der Waals surface area (Å²) in [6, 6.07) is 0. The molecule has 0 aromatic rings. The Hall–Kier alpha value is -2.11. The Labute approximate surface area is 455 Å². The standard InChI is InChI=1S/C67H126O6/c1-4-7-10-13-16-19-21-23-25-26-27-28-29-30-31-32-33-34-35-36-37-38-39-40-41-42-43-45-46-48-51-54-57-60-66(69)72-63-64(62-71-65(68)59-56-53-50-18-15-12-9-6-3)73-67(70)61-58-55-52-49-47-44-24-22-20-17-14-11-8-5-2/h22,24,26-27,64H,4-21,23,25,28-63H2,1-3H3/b24-22-,27-26-. The van der Waals surface area contributed by atoms with Crippen LogP contribution >= 0.6 is 0 Å². The third-order valence-electron chi connectivity index (χ3n) is 14.9. The van der Waals surface area contributed by atoms with Crippen LogP contribution in [-0.4, -0.2) is 37.2 Å². The first-order chi connectivity index (χ1) is 36.0. The molecule has 0 saturated heterocycles. The van der Waals surface area contributed by atoms with Crippen LogP contribution in [0.5, 0.6) is 0 Å².